The fourth-order valence-electron chi connectivity index (χ4n) is 1.69. The van der Waals surface area contributed by atoms with Crippen LogP contribution in [0.1, 0.15) is 5.69 Å². The summed E-state index contributed by atoms with van der Waals surface area (Å²) in [6.45, 7) is 0.479. The first-order valence-corrected chi connectivity index (χ1v) is 7.25. The van der Waals surface area contributed by atoms with E-state index in [1.807, 2.05) is 11.7 Å². The summed E-state index contributed by atoms with van der Waals surface area (Å²) in [5.41, 5.74) is 8.75. The maximum Gasteiger partial charge on any atom is 0.107 e. The number of rotatable bonds is 3. The fraction of sp³-hybridized carbons (Fsp3) is 0.250. The zero-order valence-corrected chi connectivity index (χ0v) is 12.2. The van der Waals surface area contributed by atoms with Gasteiger partial charge in [0.05, 0.1) is 10.2 Å². The van der Waals surface area contributed by atoms with Crippen molar-refractivity contribution >= 4 is 27.7 Å². The zero-order valence-electron chi connectivity index (χ0n) is 9.77. The smallest absolute Gasteiger partial charge is 0.107 e. The highest BCUT2D eigenvalue weighted by Crippen LogP contribution is 2.30. The first-order valence-electron chi connectivity index (χ1n) is 5.23. The Kier molecular flexibility index (Phi) is 3.91. The van der Waals surface area contributed by atoms with Crippen LogP contribution in [0.2, 0.25) is 0 Å². The molecular weight excluding hydrogens is 298 g/mol. The van der Waals surface area contributed by atoms with Crippen molar-refractivity contribution in [1.29, 1.82) is 0 Å². The lowest BCUT2D eigenvalue weighted by Crippen LogP contribution is -2.04. The predicted molar refractivity (Wildman–Crippen MR) is 76.0 cm³/mol. The topological polar surface area (TPSA) is 43.8 Å². The van der Waals surface area contributed by atoms with Crippen LogP contribution >= 0.6 is 27.7 Å². The lowest BCUT2D eigenvalue weighted by Gasteiger charge is -2.00. The number of halogens is 1. The van der Waals surface area contributed by atoms with Gasteiger partial charge in [0.2, 0.25) is 0 Å². The number of aromatic nitrogens is 2. The molecule has 0 radical (unpaired) electrons. The monoisotopic (exact) mass is 311 g/mol. The summed E-state index contributed by atoms with van der Waals surface area (Å²) in [5, 5.41) is 4.49. The molecule has 0 spiro atoms. The Labute approximate surface area is 114 Å². The first-order chi connectivity index (χ1) is 8.17. The highest BCUT2D eigenvalue weighted by atomic mass is 79.9. The molecule has 2 aromatic rings. The van der Waals surface area contributed by atoms with Gasteiger partial charge >= 0.3 is 0 Å². The van der Waals surface area contributed by atoms with Gasteiger partial charge in [-0.3, -0.25) is 4.68 Å². The third kappa shape index (κ3) is 2.41. The van der Waals surface area contributed by atoms with Gasteiger partial charge in [0, 0.05) is 24.1 Å². The summed E-state index contributed by atoms with van der Waals surface area (Å²) in [6, 6.07) is 8.37. The summed E-state index contributed by atoms with van der Waals surface area (Å²) in [6.07, 6.45) is 2.07. The number of hydrogen-bond acceptors (Lipinski definition) is 3. The van der Waals surface area contributed by atoms with Gasteiger partial charge in [-0.05, 0) is 34.3 Å². The molecule has 1 heterocycles. The lowest BCUT2D eigenvalue weighted by atomic mass is 10.1. The maximum absolute atomic E-state index is 5.69. The normalized spacial score (nSPS) is 10.8. The third-order valence-corrected chi connectivity index (χ3v) is 4.24. The molecule has 3 nitrogen and oxygen atoms in total. The van der Waals surface area contributed by atoms with Crippen molar-refractivity contribution in [1.82, 2.24) is 9.78 Å². The van der Waals surface area contributed by atoms with Crippen LogP contribution in [0.4, 0.5) is 0 Å². The Morgan fingerprint density at radius 2 is 2.00 bits per heavy atom. The summed E-state index contributed by atoms with van der Waals surface area (Å²) in [7, 11) is 1.91. The van der Waals surface area contributed by atoms with Gasteiger partial charge in [-0.15, -0.1) is 11.8 Å². The summed E-state index contributed by atoms with van der Waals surface area (Å²) in [5.74, 6) is 0. The Morgan fingerprint density at radius 1 is 1.35 bits per heavy atom. The molecule has 1 aromatic heterocycles. The van der Waals surface area contributed by atoms with Gasteiger partial charge in [-0.2, -0.15) is 5.10 Å². The van der Waals surface area contributed by atoms with E-state index in [-0.39, 0.29) is 0 Å². The minimum atomic E-state index is 0.479. The number of hydrogen-bond donors (Lipinski definition) is 1. The minimum Gasteiger partial charge on any atom is -0.325 e. The van der Waals surface area contributed by atoms with Crippen molar-refractivity contribution in [3.63, 3.8) is 0 Å². The lowest BCUT2D eigenvalue weighted by molar-refractivity contribution is 0.713. The molecule has 5 heteroatoms. The fourth-order valence-corrected chi connectivity index (χ4v) is 2.82. The second-order valence-electron chi connectivity index (χ2n) is 3.67. The maximum atomic E-state index is 5.69. The van der Waals surface area contributed by atoms with E-state index < -0.39 is 0 Å². The Bertz CT molecular complexity index is 519. The van der Waals surface area contributed by atoms with Gasteiger partial charge in [0.15, 0.2) is 0 Å². The van der Waals surface area contributed by atoms with Crippen LogP contribution < -0.4 is 5.73 Å². The van der Waals surface area contributed by atoms with Crippen molar-refractivity contribution < 1.29 is 0 Å². The van der Waals surface area contributed by atoms with Crippen LogP contribution in [-0.2, 0) is 13.6 Å². The van der Waals surface area contributed by atoms with Crippen LogP contribution in [-0.4, -0.2) is 16.0 Å². The molecule has 0 amide bonds. The molecule has 2 rings (SSSR count). The van der Waals surface area contributed by atoms with Crippen molar-refractivity contribution in [3.05, 3.63) is 34.4 Å². The van der Waals surface area contributed by atoms with E-state index in [1.165, 1.54) is 4.90 Å². The van der Waals surface area contributed by atoms with Gasteiger partial charge in [-0.25, -0.2) is 0 Å². The second-order valence-corrected chi connectivity index (χ2v) is 5.34. The van der Waals surface area contributed by atoms with Crippen LogP contribution in [0.3, 0.4) is 0 Å². The van der Waals surface area contributed by atoms with Crippen molar-refractivity contribution in [2.24, 2.45) is 12.8 Å². The molecule has 0 unspecified atom stereocenters. The van der Waals surface area contributed by atoms with E-state index >= 15 is 0 Å². The second kappa shape index (κ2) is 5.25. The number of aryl methyl sites for hydroxylation is 1. The van der Waals surface area contributed by atoms with Gasteiger partial charge in [0.25, 0.3) is 0 Å². The Hall–Kier alpha value is -0.780. The average Bonchev–Trinajstić information content (AvgIpc) is 2.64. The van der Waals surface area contributed by atoms with E-state index in [4.69, 9.17) is 5.73 Å². The highest BCUT2D eigenvalue weighted by Gasteiger charge is 2.13. The standard InChI is InChI=1S/C12H14BrN3S/c1-16-10(7-14)11(13)12(15-16)8-3-5-9(17-2)6-4-8/h3-6H,7,14H2,1-2H3. The van der Waals surface area contributed by atoms with Crippen LogP contribution in [0.5, 0.6) is 0 Å². The molecule has 90 valence electrons. The molecule has 1 aromatic carbocycles. The molecule has 17 heavy (non-hydrogen) atoms. The molecule has 0 saturated heterocycles. The zero-order chi connectivity index (χ0) is 12.4. The van der Waals surface area contributed by atoms with Gasteiger partial charge in [-0.1, -0.05) is 12.1 Å². The summed E-state index contributed by atoms with van der Waals surface area (Å²) >= 11 is 5.30. The summed E-state index contributed by atoms with van der Waals surface area (Å²) in [4.78, 5) is 1.25. The molecule has 2 N–H and O–H groups in total. The number of nitrogens with two attached hydrogens (primary N) is 1. The van der Waals surface area contributed by atoms with Crippen LogP contribution in [0, 0.1) is 0 Å². The SMILES string of the molecule is CSc1ccc(-c2nn(C)c(CN)c2Br)cc1. The van der Waals surface area contributed by atoms with Crippen LogP contribution in [0.25, 0.3) is 11.3 Å². The van der Waals surface area contributed by atoms with E-state index in [2.05, 4.69) is 51.5 Å². The molecule has 0 aliphatic heterocycles. The quantitative estimate of drug-likeness (QED) is 0.886. The molecule has 0 aliphatic rings. The molecular formula is C12H14BrN3S. The minimum absolute atomic E-state index is 0.479. The van der Waals surface area contributed by atoms with Gasteiger partial charge < -0.3 is 5.73 Å². The number of thioether (sulfide) groups is 1. The van der Waals surface area contributed by atoms with E-state index in [0.29, 0.717) is 6.54 Å². The number of nitrogens with zero attached hydrogens (tertiary/aromatic N) is 2. The van der Waals surface area contributed by atoms with Crippen LogP contribution in [0.15, 0.2) is 33.6 Å². The third-order valence-electron chi connectivity index (χ3n) is 2.66. The van der Waals surface area contributed by atoms with E-state index in [1.54, 1.807) is 11.8 Å². The molecule has 0 fully saturated rings. The van der Waals surface area contributed by atoms with Crippen molar-refractivity contribution in [2.75, 3.05) is 6.26 Å². The van der Waals surface area contributed by atoms with E-state index in [0.717, 1.165) is 21.4 Å². The van der Waals surface area contributed by atoms with Crippen molar-refractivity contribution in [3.8, 4) is 11.3 Å². The van der Waals surface area contributed by atoms with E-state index in [9.17, 15) is 0 Å². The largest absolute Gasteiger partial charge is 0.325 e. The Balaban J connectivity index is 2.45. The van der Waals surface area contributed by atoms with Crippen molar-refractivity contribution in [2.45, 2.75) is 11.4 Å². The Morgan fingerprint density at radius 3 is 2.47 bits per heavy atom. The average molecular weight is 312 g/mol. The summed E-state index contributed by atoms with van der Waals surface area (Å²) < 4.78 is 2.81. The molecule has 0 saturated carbocycles. The molecule has 0 aliphatic carbocycles. The number of benzene rings is 1. The molecule has 0 bridgehead atoms. The highest BCUT2D eigenvalue weighted by molar-refractivity contribution is 9.10. The molecule has 0 atom stereocenters. The van der Waals surface area contributed by atoms with Gasteiger partial charge in [0.1, 0.15) is 5.69 Å². The first kappa shape index (κ1) is 12.7. The predicted octanol–water partition coefficient (Wildman–Crippen LogP) is 3.03.